The van der Waals surface area contributed by atoms with Crippen LogP contribution in [0.15, 0.2) is 51.7 Å². The molecule has 0 bridgehead atoms. The lowest BCUT2D eigenvalue weighted by atomic mass is 10.2. The van der Waals surface area contributed by atoms with Gasteiger partial charge < -0.3 is 9.84 Å². The lowest BCUT2D eigenvalue weighted by molar-refractivity contribution is -0.123. The zero-order valence-electron chi connectivity index (χ0n) is 12.2. The molecule has 0 aliphatic rings. The van der Waals surface area contributed by atoms with Gasteiger partial charge in [0.25, 0.3) is 5.91 Å². The second kappa shape index (κ2) is 9.50. The fourth-order valence-corrected chi connectivity index (χ4v) is 5.25. The number of phenolic OH excluding ortho intramolecular Hbond substituents is 1. The fourth-order valence-electron chi connectivity index (χ4n) is 1.66. The van der Waals surface area contributed by atoms with Gasteiger partial charge in [0.15, 0.2) is 6.61 Å². The molecule has 0 fully saturated rings. The lowest BCUT2D eigenvalue weighted by Gasteiger charge is -2.10. The van der Waals surface area contributed by atoms with Crippen molar-refractivity contribution in [2.24, 2.45) is 5.10 Å². The molecule has 2 rings (SSSR count). The molecule has 10 heteroatoms. The van der Waals surface area contributed by atoms with Gasteiger partial charge in [0, 0.05) is 14.5 Å². The number of nitrogens with zero attached hydrogens (tertiary/aromatic N) is 1. The van der Waals surface area contributed by atoms with Crippen molar-refractivity contribution in [3.05, 3.63) is 52.2 Å². The number of aromatic hydroxyl groups is 1. The molecule has 2 N–H and O–H groups in total. The third-order valence-corrected chi connectivity index (χ3v) is 5.73. The summed E-state index contributed by atoms with van der Waals surface area (Å²) in [5.74, 6) is 0.169. The predicted molar refractivity (Wildman–Crippen MR) is 114 cm³/mol. The van der Waals surface area contributed by atoms with E-state index in [1.165, 1.54) is 12.3 Å². The van der Waals surface area contributed by atoms with Gasteiger partial charge in [0.2, 0.25) is 0 Å². The Bertz CT molecular complexity index is 819. The molecule has 2 aromatic carbocycles. The monoisotopic (exact) mass is 660 g/mol. The van der Waals surface area contributed by atoms with Gasteiger partial charge in [-0.05, 0) is 72.1 Å². The van der Waals surface area contributed by atoms with Crippen LogP contribution < -0.4 is 10.2 Å². The molecule has 0 saturated heterocycles. The van der Waals surface area contributed by atoms with E-state index in [2.05, 4.69) is 90.2 Å². The van der Waals surface area contributed by atoms with Gasteiger partial charge in [0.1, 0.15) is 11.5 Å². The number of halogens is 5. The Morgan fingerprint density at radius 2 is 1.68 bits per heavy atom. The molecular formula is C15H9Br5N2O3. The molecule has 0 aromatic heterocycles. The van der Waals surface area contributed by atoms with E-state index in [0.717, 1.165) is 4.47 Å². The highest BCUT2D eigenvalue weighted by molar-refractivity contribution is 9.12. The summed E-state index contributed by atoms with van der Waals surface area (Å²) in [5.41, 5.74) is 2.98. The van der Waals surface area contributed by atoms with Gasteiger partial charge in [0.05, 0.1) is 19.6 Å². The number of hydrogen-bond donors (Lipinski definition) is 2. The Kier molecular flexibility index (Phi) is 7.93. The van der Waals surface area contributed by atoms with Crippen molar-refractivity contribution < 1.29 is 14.6 Å². The summed E-state index contributed by atoms with van der Waals surface area (Å²) in [7, 11) is 0. The minimum atomic E-state index is -0.421. The highest BCUT2D eigenvalue weighted by Gasteiger charge is 2.10. The van der Waals surface area contributed by atoms with Gasteiger partial charge >= 0.3 is 0 Å². The largest absolute Gasteiger partial charge is 0.507 e. The Balaban J connectivity index is 1.94. The van der Waals surface area contributed by atoms with Crippen LogP contribution in [0.2, 0.25) is 0 Å². The van der Waals surface area contributed by atoms with Crippen LogP contribution in [0.25, 0.3) is 0 Å². The quantitative estimate of drug-likeness (QED) is 0.317. The summed E-state index contributed by atoms with van der Waals surface area (Å²) in [6.07, 6.45) is 1.42. The van der Waals surface area contributed by atoms with Crippen LogP contribution in [0.3, 0.4) is 0 Å². The number of hydrogen-bond acceptors (Lipinski definition) is 4. The molecular weight excluding hydrogens is 656 g/mol. The molecule has 132 valence electrons. The molecule has 1 amide bonds. The minimum absolute atomic E-state index is 0.0734. The van der Waals surface area contributed by atoms with Crippen molar-refractivity contribution in [2.75, 3.05) is 6.61 Å². The third-order valence-electron chi connectivity index (χ3n) is 2.77. The summed E-state index contributed by atoms with van der Waals surface area (Å²) >= 11 is 16.7. The topological polar surface area (TPSA) is 70.9 Å². The number of amides is 1. The molecule has 0 radical (unpaired) electrons. The molecule has 0 heterocycles. The SMILES string of the molecule is O=C(COc1c(Br)cc(Br)cc1Br)N/N=C/c1cc(O)c(Br)cc1Br. The van der Waals surface area contributed by atoms with E-state index in [1.54, 1.807) is 6.07 Å². The van der Waals surface area contributed by atoms with E-state index < -0.39 is 5.91 Å². The number of ether oxygens (including phenoxy) is 1. The molecule has 0 aliphatic heterocycles. The first-order chi connectivity index (χ1) is 11.8. The summed E-state index contributed by atoms with van der Waals surface area (Å²) in [5, 5.41) is 13.5. The van der Waals surface area contributed by atoms with Crippen LogP contribution in [0.5, 0.6) is 11.5 Å². The van der Waals surface area contributed by atoms with Gasteiger partial charge in [-0.25, -0.2) is 5.43 Å². The maximum Gasteiger partial charge on any atom is 0.277 e. The van der Waals surface area contributed by atoms with E-state index in [4.69, 9.17) is 4.74 Å². The van der Waals surface area contributed by atoms with Gasteiger partial charge in [-0.3, -0.25) is 4.79 Å². The third kappa shape index (κ3) is 6.06. The zero-order valence-corrected chi connectivity index (χ0v) is 20.1. The maximum atomic E-state index is 11.8. The van der Waals surface area contributed by atoms with Gasteiger partial charge in [-0.1, -0.05) is 31.9 Å². The summed E-state index contributed by atoms with van der Waals surface area (Å²) in [6, 6.07) is 6.82. The van der Waals surface area contributed by atoms with Crippen molar-refractivity contribution >= 4 is 91.8 Å². The summed E-state index contributed by atoms with van der Waals surface area (Å²) in [4.78, 5) is 11.8. The second-order valence-corrected chi connectivity index (χ2v) is 8.94. The van der Waals surface area contributed by atoms with Crippen LogP contribution in [-0.2, 0) is 4.79 Å². The van der Waals surface area contributed by atoms with E-state index in [1.807, 2.05) is 12.1 Å². The highest BCUT2D eigenvalue weighted by Crippen LogP contribution is 2.36. The summed E-state index contributed by atoms with van der Waals surface area (Å²) in [6.45, 7) is -0.205. The number of hydrazone groups is 1. The second-order valence-electron chi connectivity index (χ2n) is 4.61. The normalized spacial score (nSPS) is 10.9. The first-order valence-corrected chi connectivity index (χ1v) is 10.5. The fraction of sp³-hybridized carbons (Fsp3) is 0.0667. The van der Waals surface area contributed by atoms with Crippen molar-refractivity contribution in [3.8, 4) is 11.5 Å². The van der Waals surface area contributed by atoms with Crippen LogP contribution in [0, 0.1) is 0 Å². The number of benzene rings is 2. The van der Waals surface area contributed by atoms with E-state index in [0.29, 0.717) is 29.2 Å². The molecule has 0 saturated carbocycles. The number of phenols is 1. The van der Waals surface area contributed by atoms with E-state index >= 15 is 0 Å². The van der Waals surface area contributed by atoms with Crippen LogP contribution >= 0.6 is 79.6 Å². The highest BCUT2D eigenvalue weighted by atomic mass is 79.9. The Morgan fingerprint density at radius 1 is 1.04 bits per heavy atom. The smallest absolute Gasteiger partial charge is 0.277 e. The first-order valence-electron chi connectivity index (χ1n) is 6.55. The average molecular weight is 665 g/mol. The molecule has 2 aromatic rings. The molecule has 25 heavy (non-hydrogen) atoms. The van der Waals surface area contributed by atoms with Crippen molar-refractivity contribution in [1.82, 2.24) is 5.43 Å². The first kappa shape index (κ1) is 20.9. The van der Waals surface area contributed by atoms with Crippen LogP contribution in [0.1, 0.15) is 5.56 Å². The Morgan fingerprint density at radius 3 is 2.32 bits per heavy atom. The zero-order chi connectivity index (χ0) is 18.6. The Hall–Kier alpha value is -0.420. The number of nitrogens with one attached hydrogen (secondary N) is 1. The predicted octanol–water partition coefficient (Wildman–Crippen LogP) is 5.73. The number of carbonyl (C=O) groups is 1. The molecule has 0 spiro atoms. The number of carbonyl (C=O) groups excluding carboxylic acids is 1. The average Bonchev–Trinajstić information content (AvgIpc) is 2.51. The van der Waals surface area contributed by atoms with Crippen LogP contribution in [0.4, 0.5) is 0 Å². The Labute approximate surface area is 185 Å². The van der Waals surface area contributed by atoms with Crippen molar-refractivity contribution in [3.63, 3.8) is 0 Å². The molecule has 5 nitrogen and oxygen atoms in total. The molecule has 0 unspecified atom stereocenters. The molecule has 0 aliphatic carbocycles. The van der Waals surface area contributed by atoms with E-state index in [9.17, 15) is 9.90 Å². The van der Waals surface area contributed by atoms with Gasteiger partial charge in [-0.15, -0.1) is 0 Å². The lowest BCUT2D eigenvalue weighted by Crippen LogP contribution is -2.24. The van der Waals surface area contributed by atoms with Crippen molar-refractivity contribution in [2.45, 2.75) is 0 Å². The molecule has 0 atom stereocenters. The maximum absolute atomic E-state index is 11.8. The van der Waals surface area contributed by atoms with Gasteiger partial charge in [-0.2, -0.15) is 5.10 Å². The van der Waals surface area contributed by atoms with Crippen LogP contribution in [-0.4, -0.2) is 23.8 Å². The minimum Gasteiger partial charge on any atom is -0.507 e. The van der Waals surface area contributed by atoms with Crippen molar-refractivity contribution in [1.29, 1.82) is 0 Å². The number of rotatable bonds is 5. The summed E-state index contributed by atoms with van der Waals surface area (Å²) < 4.78 is 9.05. The van der Waals surface area contributed by atoms with E-state index in [-0.39, 0.29) is 12.4 Å². The standard InChI is InChI=1S/C15H9Br5N2O3/c16-8-2-11(19)15(12(20)3-8)25-6-14(24)22-21-5-7-1-13(23)10(18)4-9(7)17/h1-5,23H,6H2,(H,22,24)/b21-5+.